The molecule has 0 aromatic heterocycles. The molecule has 14 heavy (non-hydrogen) atoms. The Hall–Kier alpha value is -0.635. The molecule has 0 atom stereocenters. The second kappa shape index (κ2) is 5.30. The molecule has 0 saturated carbocycles. The van der Waals surface area contributed by atoms with Crippen LogP contribution in [0.4, 0.5) is 0 Å². The van der Waals surface area contributed by atoms with Crippen molar-refractivity contribution in [2.75, 3.05) is 14.2 Å². The molecule has 0 aliphatic heterocycles. The van der Waals surface area contributed by atoms with E-state index >= 15 is 0 Å². The highest BCUT2D eigenvalue weighted by molar-refractivity contribution is 9.08. The number of hydrogen-bond acceptors (Lipinski definition) is 2. The first-order valence-corrected chi connectivity index (χ1v) is 5.39. The zero-order valence-electron chi connectivity index (χ0n) is 8.34. The van der Waals surface area contributed by atoms with Gasteiger partial charge in [-0.1, -0.05) is 22.3 Å². The second-order valence-corrected chi connectivity index (χ2v) is 3.33. The van der Waals surface area contributed by atoms with Crippen LogP contribution in [0.1, 0.15) is 11.1 Å². The Bertz CT molecular complexity index is 284. The van der Waals surface area contributed by atoms with Crippen LogP contribution in [0.2, 0.25) is 0 Å². The van der Waals surface area contributed by atoms with Crippen LogP contribution in [0.5, 0.6) is 11.5 Å². The van der Waals surface area contributed by atoms with Gasteiger partial charge in [0.25, 0.3) is 0 Å². The van der Waals surface area contributed by atoms with E-state index in [4.69, 9.17) is 17.3 Å². The number of alkyl halides is 1. The fraction of sp³-hybridized carbons (Fsp3) is 0.400. The van der Waals surface area contributed by atoms with Crippen LogP contribution < -0.4 is 9.47 Å². The third-order valence-corrected chi connectivity index (χ3v) is 2.68. The lowest BCUT2D eigenvalue weighted by Crippen LogP contribution is -2.00. The fourth-order valence-electron chi connectivity index (χ4n) is 1.40. The van der Waals surface area contributed by atoms with Gasteiger partial charge in [0.2, 0.25) is 0 Å². The van der Waals surface area contributed by atoms with Crippen molar-refractivity contribution in [2.24, 2.45) is 0 Å². The van der Waals surface area contributed by atoms with E-state index in [1.165, 1.54) is 0 Å². The van der Waals surface area contributed by atoms with Gasteiger partial charge in [0.15, 0.2) is 0 Å². The molecular formula is C10H12BBrO2. The molecule has 2 nitrogen and oxygen atoms in total. The van der Waals surface area contributed by atoms with E-state index in [0.29, 0.717) is 11.7 Å². The van der Waals surface area contributed by atoms with Gasteiger partial charge in [-0.05, 0) is 17.7 Å². The van der Waals surface area contributed by atoms with Crippen molar-refractivity contribution in [1.82, 2.24) is 0 Å². The van der Waals surface area contributed by atoms with Crippen LogP contribution >= 0.6 is 15.9 Å². The third kappa shape index (κ3) is 2.06. The standard InChI is InChI=1S/C10H12BBrO2/c1-13-9-3-4-10(14-2)8(6-12)7(9)5-11/h3-4H,5-6H2,1-2H3. The molecule has 0 aliphatic carbocycles. The summed E-state index contributed by atoms with van der Waals surface area (Å²) in [7, 11) is 8.95. The Morgan fingerprint density at radius 2 is 1.64 bits per heavy atom. The Balaban J connectivity index is 3.28. The molecule has 1 aromatic rings. The maximum atomic E-state index is 5.67. The van der Waals surface area contributed by atoms with Crippen molar-refractivity contribution in [3.8, 4) is 11.5 Å². The first kappa shape index (κ1) is 11.4. The smallest absolute Gasteiger partial charge is 0.123 e. The average molecular weight is 255 g/mol. The molecule has 0 heterocycles. The maximum Gasteiger partial charge on any atom is 0.123 e. The highest BCUT2D eigenvalue weighted by atomic mass is 79.9. The van der Waals surface area contributed by atoms with E-state index in [9.17, 15) is 0 Å². The zero-order valence-corrected chi connectivity index (χ0v) is 9.93. The Morgan fingerprint density at radius 1 is 1.14 bits per heavy atom. The molecule has 0 aliphatic rings. The van der Waals surface area contributed by atoms with Gasteiger partial charge in [-0.25, -0.2) is 0 Å². The fourth-order valence-corrected chi connectivity index (χ4v) is 2.02. The highest BCUT2D eigenvalue weighted by Crippen LogP contribution is 2.31. The number of hydrogen-bond donors (Lipinski definition) is 0. The van der Waals surface area contributed by atoms with E-state index in [1.54, 1.807) is 14.2 Å². The lowest BCUT2D eigenvalue weighted by Gasteiger charge is -2.14. The largest absolute Gasteiger partial charge is 0.496 e. The molecule has 0 bridgehead atoms. The van der Waals surface area contributed by atoms with Gasteiger partial charge in [0.1, 0.15) is 11.5 Å². The summed E-state index contributed by atoms with van der Waals surface area (Å²) in [5.74, 6) is 1.64. The minimum absolute atomic E-state index is 0.446. The minimum Gasteiger partial charge on any atom is -0.496 e. The normalized spacial score (nSPS) is 9.93. The number of ether oxygens (including phenoxy) is 2. The summed E-state index contributed by atoms with van der Waals surface area (Å²) in [4.78, 5) is 0. The number of benzene rings is 1. The Labute approximate surface area is 94.1 Å². The van der Waals surface area contributed by atoms with Crippen LogP contribution in [0.15, 0.2) is 12.1 Å². The molecule has 74 valence electrons. The van der Waals surface area contributed by atoms with Crippen LogP contribution in [0.25, 0.3) is 0 Å². The SMILES string of the molecule is [B]Cc1c(OC)ccc(OC)c1CBr. The summed E-state index contributed by atoms with van der Waals surface area (Å²) in [6, 6.07) is 3.75. The van der Waals surface area contributed by atoms with Crippen LogP contribution in [0, 0.1) is 0 Å². The first-order chi connectivity index (χ1) is 6.78. The van der Waals surface area contributed by atoms with Crippen LogP contribution in [-0.4, -0.2) is 22.1 Å². The summed E-state index contributed by atoms with van der Waals surface area (Å²) < 4.78 is 10.5. The maximum absolute atomic E-state index is 5.67. The van der Waals surface area contributed by atoms with Crippen molar-refractivity contribution in [3.63, 3.8) is 0 Å². The van der Waals surface area contributed by atoms with Crippen molar-refractivity contribution < 1.29 is 9.47 Å². The number of rotatable bonds is 4. The molecule has 0 saturated heterocycles. The monoisotopic (exact) mass is 254 g/mol. The number of halogens is 1. The molecule has 4 heteroatoms. The lowest BCUT2D eigenvalue weighted by atomic mass is 9.92. The Morgan fingerprint density at radius 3 is 2.00 bits per heavy atom. The summed E-state index contributed by atoms with van der Waals surface area (Å²) in [6.07, 6.45) is 0.446. The molecular weight excluding hydrogens is 243 g/mol. The molecule has 1 aromatic carbocycles. The predicted octanol–water partition coefficient (Wildman–Crippen LogP) is 2.27. The van der Waals surface area contributed by atoms with Crippen molar-refractivity contribution in [2.45, 2.75) is 11.7 Å². The van der Waals surface area contributed by atoms with Crippen LogP contribution in [-0.2, 0) is 11.7 Å². The molecule has 0 spiro atoms. The van der Waals surface area contributed by atoms with Gasteiger partial charge in [0.05, 0.1) is 22.1 Å². The van der Waals surface area contributed by atoms with Crippen LogP contribution in [0.3, 0.4) is 0 Å². The predicted molar refractivity (Wildman–Crippen MR) is 61.6 cm³/mol. The molecule has 0 fully saturated rings. The second-order valence-electron chi connectivity index (χ2n) is 2.76. The van der Waals surface area contributed by atoms with Gasteiger partial charge >= 0.3 is 0 Å². The summed E-state index contributed by atoms with van der Waals surface area (Å²) in [6.45, 7) is 0. The van der Waals surface area contributed by atoms with Crippen molar-refractivity contribution in [3.05, 3.63) is 23.3 Å². The van der Waals surface area contributed by atoms with E-state index in [0.717, 1.165) is 22.6 Å². The summed E-state index contributed by atoms with van der Waals surface area (Å²) >= 11 is 3.41. The molecule has 0 unspecified atom stereocenters. The van der Waals surface area contributed by atoms with Gasteiger partial charge in [-0.15, -0.1) is 0 Å². The van der Waals surface area contributed by atoms with Crippen molar-refractivity contribution >= 4 is 23.8 Å². The summed E-state index contributed by atoms with van der Waals surface area (Å²) in [5.41, 5.74) is 2.04. The topological polar surface area (TPSA) is 18.5 Å². The quantitative estimate of drug-likeness (QED) is 0.606. The average Bonchev–Trinajstić information content (AvgIpc) is 2.26. The molecule has 2 radical (unpaired) electrons. The van der Waals surface area contributed by atoms with Crippen molar-refractivity contribution in [1.29, 1.82) is 0 Å². The number of methoxy groups -OCH3 is 2. The van der Waals surface area contributed by atoms with Gasteiger partial charge in [0, 0.05) is 10.9 Å². The molecule has 1 rings (SSSR count). The third-order valence-electron chi connectivity index (χ3n) is 2.12. The minimum atomic E-state index is 0.446. The van der Waals surface area contributed by atoms with E-state index < -0.39 is 0 Å². The first-order valence-electron chi connectivity index (χ1n) is 4.27. The highest BCUT2D eigenvalue weighted by Gasteiger charge is 2.11. The Kier molecular flexibility index (Phi) is 4.33. The van der Waals surface area contributed by atoms with Gasteiger partial charge < -0.3 is 9.47 Å². The van der Waals surface area contributed by atoms with E-state index in [1.807, 2.05) is 12.1 Å². The van der Waals surface area contributed by atoms with Gasteiger partial charge in [-0.3, -0.25) is 0 Å². The summed E-state index contributed by atoms with van der Waals surface area (Å²) in [5, 5.41) is 0.708. The molecule has 0 amide bonds. The zero-order chi connectivity index (χ0) is 10.6. The molecule has 0 N–H and O–H groups in total. The lowest BCUT2D eigenvalue weighted by molar-refractivity contribution is 0.397. The van der Waals surface area contributed by atoms with Gasteiger partial charge in [-0.2, -0.15) is 0 Å². The van der Waals surface area contributed by atoms with E-state index in [2.05, 4.69) is 15.9 Å². The van der Waals surface area contributed by atoms with E-state index in [-0.39, 0.29) is 0 Å².